The van der Waals surface area contributed by atoms with Crippen molar-refractivity contribution in [3.8, 4) is 0 Å². The highest BCUT2D eigenvalue weighted by Crippen LogP contribution is 2.14. The summed E-state index contributed by atoms with van der Waals surface area (Å²) >= 11 is 0. The summed E-state index contributed by atoms with van der Waals surface area (Å²) in [7, 11) is 0. The van der Waals surface area contributed by atoms with Gasteiger partial charge in [0.05, 0.1) is 5.56 Å². The number of benzene rings is 1. The van der Waals surface area contributed by atoms with Crippen molar-refractivity contribution < 1.29 is 28.7 Å². The van der Waals surface area contributed by atoms with Crippen molar-refractivity contribution in [3.05, 3.63) is 29.8 Å². The van der Waals surface area contributed by atoms with Crippen molar-refractivity contribution in [2.45, 2.75) is 65.7 Å². The van der Waals surface area contributed by atoms with E-state index >= 15 is 0 Å². The molecule has 0 fully saturated rings. The van der Waals surface area contributed by atoms with Gasteiger partial charge < -0.3 is 14.8 Å². The Morgan fingerprint density at radius 2 is 1.48 bits per heavy atom. The van der Waals surface area contributed by atoms with Crippen LogP contribution in [0.25, 0.3) is 0 Å². The van der Waals surface area contributed by atoms with Gasteiger partial charge >= 0.3 is 18.1 Å². The van der Waals surface area contributed by atoms with Crippen LogP contribution in [0.15, 0.2) is 24.3 Å². The number of rotatable bonds is 4. The molecular weight excluding hydrogens is 378 g/mol. The van der Waals surface area contributed by atoms with E-state index < -0.39 is 41.2 Å². The smallest absolute Gasteiger partial charge is 0.412 e. The zero-order valence-electron chi connectivity index (χ0n) is 17.8. The molecule has 0 radical (unpaired) electrons. The van der Waals surface area contributed by atoms with Gasteiger partial charge in [0.15, 0.2) is 6.10 Å². The Hall–Kier alpha value is -3.10. The number of anilines is 1. The number of hydrogen-bond acceptors (Lipinski definition) is 6. The average molecular weight is 407 g/mol. The van der Waals surface area contributed by atoms with E-state index in [1.54, 1.807) is 41.5 Å². The third-order valence-corrected chi connectivity index (χ3v) is 3.14. The Kier molecular flexibility index (Phi) is 7.76. The molecule has 0 saturated carbocycles. The van der Waals surface area contributed by atoms with Gasteiger partial charge in [-0.2, -0.15) is 0 Å². The number of hydrogen-bond donors (Lipinski definition) is 3. The third kappa shape index (κ3) is 9.59. The van der Waals surface area contributed by atoms with E-state index in [1.165, 1.54) is 31.2 Å². The van der Waals surface area contributed by atoms with Crippen LogP contribution in [0.4, 0.5) is 15.3 Å². The number of imide groups is 1. The summed E-state index contributed by atoms with van der Waals surface area (Å²) in [6, 6.07) is 5.20. The molecule has 9 heteroatoms. The predicted molar refractivity (Wildman–Crippen MR) is 108 cm³/mol. The lowest BCUT2D eigenvalue weighted by Gasteiger charge is -2.21. The first kappa shape index (κ1) is 23.9. The number of ether oxygens (including phenoxy) is 2. The number of urea groups is 1. The molecule has 0 unspecified atom stereocenters. The molecule has 0 aromatic heterocycles. The lowest BCUT2D eigenvalue weighted by Crippen LogP contribution is -2.50. The van der Waals surface area contributed by atoms with Gasteiger partial charge in [0.1, 0.15) is 5.60 Å². The molecule has 0 saturated heterocycles. The third-order valence-electron chi connectivity index (χ3n) is 3.14. The number of amides is 4. The molecule has 9 nitrogen and oxygen atoms in total. The Balaban J connectivity index is 2.60. The molecule has 0 aliphatic carbocycles. The van der Waals surface area contributed by atoms with E-state index in [1.807, 2.05) is 0 Å². The summed E-state index contributed by atoms with van der Waals surface area (Å²) in [4.78, 5) is 47.6. The Morgan fingerprint density at radius 3 is 1.97 bits per heavy atom. The highest BCUT2D eigenvalue weighted by atomic mass is 16.6. The number of carbonyl (C=O) groups is 4. The molecule has 1 atom stereocenters. The minimum atomic E-state index is -1.17. The van der Waals surface area contributed by atoms with E-state index in [9.17, 15) is 19.2 Å². The average Bonchev–Trinajstić information content (AvgIpc) is 2.51. The zero-order valence-corrected chi connectivity index (χ0v) is 17.8. The number of nitrogens with one attached hydrogen (secondary N) is 3. The molecule has 1 aromatic rings. The van der Waals surface area contributed by atoms with Crippen LogP contribution < -0.4 is 16.0 Å². The minimum Gasteiger partial charge on any atom is -0.449 e. The first-order valence-corrected chi connectivity index (χ1v) is 9.10. The fourth-order valence-corrected chi connectivity index (χ4v) is 1.98. The Bertz CT molecular complexity index is 760. The van der Waals surface area contributed by atoms with E-state index in [-0.39, 0.29) is 5.56 Å². The summed E-state index contributed by atoms with van der Waals surface area (Å²) in [6.07, 6.45) is -1.79. The zero-order chi connectivity index (χ0) is 22.4. The first-order valence-electron chi connectivity index (χ1n) is 9.10. The van der Waals surface area contributed by atoms with Crippen LogP contribution >= 0.6 is 0 Å². The maximum Gasteiger partial charge on any atom is 0.412 e. The van der Waals surface area contributed by atoms with Crippen molar-refractivity contribution >= 4 is 29.7 Å². The molecule has 4 amide bonds. The van der Waals surface area contributed by atoms with Gasteiger partial charge in [0.2, 0.25) is 0 Å². The standard InChI is InChI=1S/C20H29N3O6/c1-12(15(24)22-17(26)23-19(2,3)4)28-16(25)13-8-10-14(11-9-13)21-18(27)29-20(5,6)7/h8-12H,1-7H3,(H,21,27)(H2,22,23,24,26)/t12-/m0/s1. The lowest BCUT2D eigenvalue weighted by atomic mass is 10.1. The van der Waals surface area contributed by atoms with Gasteiger partial charge in [-0.1, -0.05) is 0 Å². The Morgan fingerprint density at radius 1 is 0.931 bits per heavy atom. The lowest BCUT2D eigenvalue weighted by molar-refractivity contribution is -0.127. The van der Waals surface area contributed by atoms with Crippen LogP contribution in [-0.2, 0) is 14.3 Å². The van der Waals surface area contributed by atoms with Crippen LogP contribution in [-0.4, -0.2) is 41.2 Å². The monoisotopic (exact) mass is 407 g/mol. The summed E-state index contributed by atoms with van der Waals surface area (Å²) in [5.74, 6) is -1.49. The van der Waals surface area contributed by atoms with Crippen molar-refractivity contribution in [1.82, 2.24) is 10.6 Å². The quantitative estimate of drug-likeness (QED) is 0.659. The van der Waals surface area contributed by atoms with E-state index in [4.69, 9.17) is 9.47 Å². The van der Waals surface area contributed by atoms with Gasteiger partial charge in [-0.15, -0.1) is 0 Å². The topological polar surface area (TPSA) is 123 Å². The van der Waals surface area contributed by atoms with Crippen LogP contribution in [0.1, 0.15) is 58.8 Å². The largest absolute Gasteiger partial charge is 0.449 e. The molecule has 160 valence electrons. The minimum absolute atomic E-state index is 0.179. The van der Waals surface area contributed by atoms with E-state index in [0.29, 0.717) is 5.69 Å². The fourth-order valence-electron chi connectivity index (χ4n) is 1.98. The number of carbonyl (C=O) groups excluding carboxylic acids is 4. The molecule has 0 aliphatic rings. The van der Waals surface area contributed by atoms with Crippen LogP contribution in [0, 0.1) is 0 Å². The number of esters is 1. The molecule has 1 rings (SSSR count). The highest BCUT2D eigenvalue weighted by molar-refractivity contribution is 5.98. The van der Waals surface area contributed by atoms with E-state index in [2.05, 4.69) is 16.0 Å². The van der Waals surface area contributed by atoms with Crippen molar-refractivity contribution in [1.29, 1.82) is 0 Å². The maximum atomic E-state index is 12.2. The van der Waals surface area contributed by atoms with Crippen molar-refractivity contribution in [2.75, 3.05) is 5.32 Å². The Labute approximate surface area is 170 Å². The van der Waals surface area contributed by atoms with Crippen molar-refractivity contribution in [3.63, 3.8) is 0 Å². The first-order chi connectivity index (χ1) is 13.2. The second-order valence-electron chi connectivity index (χ2n) is 8.45. The van der Waals surface area contributed by atoms with Crippen LogP contribution in [0.5, 0.6) is 0 Å². The summed E-state index contributed by atoms with van der Waals surface area (Å²) in [5, 5.41) is 7.23. The highest BCUT2D eigenvalue weighted by Gasteiger charge is 2.23. The van der Waals surface area contributed by atoms with Gasteiger partial charge in [0.25, 0.3) is 5.91 Å². The second kappa shape index (κ2) is 9.40. The van der Waals surface area contributed by atoms with Gasteiger partial charge in [-0.25, -0.2) is 14.4 Å². The summed E-state index contributed by atoms with van der Waals surface area (Å²) < 4.78 is 10.2. The molecule has 0 aliphatic heterocycles. The fraction of sp³-hybridized carbons (Fsp3) is 0.500. The maximum absolute atomic E-state index is 12.2. The van der Waals surface area contributed by atoms with Gasteiger partial charge in [-0.05, 0) is 72.7 Å². The van der Waals surface area contributed by atoms with Crippen LogP contribution in [0.3, 0.4) is 0 Å². The molecule has 0 bridgehead atoms. The SMILES string of the molecule is C[C@H](OC(=O)c1ccc(NC(=O)OC(C)(C)C)cc1)C(=O)NC(=O)NC(C)(C)C. The molecule has 3 N–H and O–H groups in total. The second-order valence-corrected chi connectivity index (χ2v) is 8.45. The molecule has 1 aromatic carbocycles. The van der Waals surface area contributed by atoms with Gasteiger partial charge in [-0.3, -0.25) is 15.4 Å². The van der Waals surface area contributed by atoms with Crippen LogP contribution in [0.2, 0.25) is 0 Å². The normalized spacial score (nSPS) is 12.4. The summed E-state index contributed by atoms with van der Waals surface area (Å²) in [5.41, 5.74) is -0.535. The molecule has 29 heavy (non-hydrogen) atoms. The van der Waals surface area contributed by atoms with Crippen molar-refractivity contribution in [2.24, 2.45) is 0 Å². The molecular formula is C20H29N3O6. The molecule has 0 spiro atoms. The van der Waals surface area contributed by atoms with E-state index in [0.717, 1.165) is 0 Å². The van der Waals surface area contributed by atoms with Gasteiger partial charge in [0, 0.05) is 11.2 Å². The predicted octanol–water partition coefficient (Wildman–Crippen LogP) is 3.20. The summed E-state index contributed by atoms with van der Waals surface area (Å²) in [6.45, 7) is 11.9. The molecule has 0 heterocycles.